The van der Waals surface area contributed by atoms with Gasteiger partial charge in [-0.05, 0) is 6.42 Å². The number of unbranched alkanes of at least 4 members (excludes halogenated alkanes) is 1. The first-order valence-corrected chi connectivity index (χ1v) is 7.87. The minimum atomic E-state index is 0.570. The molecule has 2 N–H and O–H groups in total. The van der Waals surface area contributed by atoms with E-state index in [-0.39, 0.29) is 0 Å². The summed E-state index contributed by atoms with van der Waals surface area (Å²) >= 11 is 5.40. The summed E-state index contributed by atoms with van der Waals surface area (Å²) in [5, 5.41) is 0. The highest BCUT2D eigenvalue weighted by Gasteiger charge is 2.08. The average Bonchev–Trinajstić information content (AvgIpc) is 2.96. The second-order valence-electron chi connectivity index (χ2n) is 5.14. The lowest BCUT2D eigenvalue weighted by molar-refractivity contribution is 0.810. The van der Waals surface area contributed by atoms with Gasteiger partial charge in [0.25, 0.3) is 0 Å². The molecule has 0 saturated heterocycles. The van der Waals surface area contributed by atoms with Crippen molar-refractivity contribution >= 4 is 29.5 Å². The smallest absolute Gasteiger partial charge is 0.154 e. The van der Waals surface area contributed by atoms with E-state index in [9.17, 15) is 0 Å². The number of nitrogens with zero attached hydrogens (tertiary/aromatic N) is 2. The molecular weight excluding hydrogens is 292 g/mol. The number of hydrogen-bond acceptors (Lipinski definition) is 3. The molecule has 0 fully saturated rings. The van der Waals surface area contributed by atoms with Crippen molar-refractivity contribution in [2.75, 3.05) is 6.54 Å². The Morgan fingerprint density at radius 1 is 1.23 bits per heavy atom. The van der Waals surface area contributed by atoms with Crippen LogP contribution in [0.2, 0.25) is 0 Å². The van der Waals surface area contributed by atoms with Crippen LogP contribution in [-0.2, 0) is 0 Å². The summed E-state index contributed by atoms with van der Waals surface area (Å²) in [7, 11) is 0. The molecule has 3 aromatic rings. The zero-order valence-electron chi connectivity index (χ0n) is 12.5. The van der Waals surface area contributed by atoms with E-state index in [2.05, 4.69) is 26.9 Å². The lowest BCUT2D eigenvalue weighted by Gasteiger charge is -2.02. The highest BCUT2D eigenvalue weighted by atomic mass is 32.1. The van der Waals surface area contributed by atoms with E-state index in [0.29, 0.717) is 4.64 Å². The molecule has 0 aliphatic rings. The van der Waals surface area contributed by atoms with Gasteiger partial charge in [-0.1, -0.05) is 55.9 Å². The van der Waals surface area contributed by atoms with Crippen LogP contribution in [0.4, 0.5) is 0 Å². The van der Waals surface area contributed by atoms with Gasteiger partial charge in [0.15, 0.2) is 4.64 Å². The molecule has 1 aromatic carbocycles. The molecule has 0 saturated carbocycles. The number of aromatic nitrogens is 3. The monoisotopic (exact) mass is 310 g/mol. The molecule has 5 heteroatoms. The van der Waals surface area contributed by atoms with Gasteiger partial charge in [0.05, 0.1) is 5.52 Å². The number of hydrogen-bond donors (Lipinski definition) is 2. The summed E-state index contributed by atoms with van der Waals surface area (Å²) in [6, 6.07) is 9.99. The van der Waals surface area contributed by atoms with Gasteiger partial charge >= 0.3 is 0 Å². The lowest BCUT2D eigenvalue weighted by atomic mass is 10.2. The first-order valence-electron chi connectivity index (χ1n) is 7.46. The summed E-state index contributed by atoms with van der Waals surface area (Å²) in [6.45, 7) is 3.01. The standard InChI is InChI=1S/C17H18N4S/c1-2-3-9-18-10-13-11-19-15-14(13)20-16(21-17(15)22)12-7-5-4-6-8-12/h4-8,10-11,19H,2-3,9H2,1H3,(H,20,21,22). The topological polar surface area (TPSA) is 56.8 Å². The normalized spacial score (nSPS) is 11.5. The van der Waals surface area contributed by atoms with Gasteiger partial charge in [-0.15, -0.1) is 0 Å². The maximum Gasteiger partial charge on any atom is 0.154 e. The first-order chi connectivity index (χ1) is 10.8. The van der Waals surface area contributed by atoms with Crippen LogP contribution < -0.4 is 0 Å². The first kappa shape index (κ1) is 14.7. The third-order valence-electron chi connectivity index (χ3n) is 3.50. The van der Waals surface area contributed by atoms with Crippen LogP contribution in [0, 0.1) is 4.64 Å². The molecule has 0 aliphatic carbocycles. The Bertz CT molecular complexity index is 846. The number of benzene rings is 1. The number of aromatic amines is 2. The molecule has 3 rings (SSSR count). The summed E-state index contributed by atoms with van der Waals surface area (Å²) in [5.74, 6) is 0.779. The molecule has 22 heavy (non-hydrogen) atoms. The Labute approximate surface area is 134 Å². The Hall–Kier alpha value is -2.27. The molecule has 0 radical (unpaired) electrons. The Morgan fingerprint density at radius 2 is 2.05 bits per heavy atom. The van der Waals surface area contributed by atoms with E-state index in [0.717, 1.165) is 47.4 Å². The number of rotatable bonds is 5. The fraction of sp³-hybridized carbons (Fsp3) is 0.235. The fourth-order valence-corrected chi connectivity index (χ4v) is 2.54. The van der Waals surface area contributed by atoms with Crippen molar-refractivity contribution in [1.29, 1.82) is 0 Å². The molecule has 2 heterocycles. The van der Waals surface area contributed by atoms with Crippen molar-refractivity contribution in [2.24, 2.45) is 4.99 Å². The van der Waals surface area contributed by atoms with E-state index in [4.69, 9.17) is 12.2 Å². The van der Waals surface area contributed by atoms with Crippen molar-refractivity contribution in [2.45, 2.75) is 19.8 Å². The minimum absolute atomic E-state index is 0.570. The number of aliphatic imine (C=N–C) groups is 1. The van der Waals surface area contributed by atoms with Gasteiger partial charge in [-0.3, -0.25) is 4.99 Å². The summed E-state index contributed by atoms with van der Waals surface area (Å²) in [4.78, 5) is 15.5. The zero-order valence-corrected chi connectivity index (χ0v) is 13.3. The van der Waals surface area contributed by atoms with Crippen LogP contribution >= 0.6 is 12.2 Å². The molecule has 4 nitrogen and oxygen atoms in total. The van der Waals surface area contributed by atoms with Crippen LogP contribution in [0.3, 0.4) is 0 Å². The van der Waals surface area contributed by atoms with Crippen molar-refractivity contribution < 1.29 is 0 Å². The van der Waals surface area contributed by atoms with Gasteiger partial charge < -0.3 is 9.97 Å². The second kappa shape index (κ2) is 6.66. The Morgan fingerprint density at radius 3 is 2.82 bits per heavy atom. The van der Waals surface area contributed by atoms with E-state index >= 15 is 0 Å². The van der Waals surface area contributed by atoms with Gasteiger partial charge in [0.2, 0.25) is 0 Å². The average molecular weight is 310 g/mol. The maximum absolute atomic E-state index is 5.40. The second-order valence-corrected chi connectivity index (χ2v) is 5.53. The maximum atomic E-state index is 5.40. The van der Waals surface area contributed by atoms with E-state index in [1.165, 1.54) is 0 Å². The van der Waals surface area contributed by atoms with Crippen molar-refractivity contribution in [3.63, 3.8) is 0 Å². The number of nitrogens with one attached hydrogen (secondary N) is 2. The van der Waals surface area contributed by atoms with E-state index in [1.807, 2.05) is 42.7 Å². The Kier molecular flexibility index (Phi) is 4.44. The predicted molar refractivity (Wildman–Crippen MR) is 94.1 cm³/mol. The van der Waals surface area contributed by atoms with Crippen molar-refractivity contribution in [3.8, 4) is 11.4 Å². The van der Waals surface area contributed by atoms with Crippen LogP contribution in [0.15, 0.2) is 41.5 Å². The molecule has 0 aliphatic heterocycles. The highest BCUT2D eigenvalue weighted by molar-refractivity contribution is 7.71. The summed E-state index contributed by atoms with van der Waals surface area (Å²) in [5.41, 5.74) is 3.84. The molecule has 112 valence electrons. The van der Waals surface area contributed by atoms with Gasteiger partial charge in [-0.2, -0.15) is 0 Å². The van der Waals surface area contributed by atoms with Crippen molar-refractivity contribution in [1.82, 2.24) is 15.0 Å². The van der Waals surface area contributed by atoms with Crippen molar-refractivity contribution in [3.05, 3.63) is 46.7 Å². The predicted octanol–water partition coefficient (Wildman–Crippen LogP) is 4.51. The minimum Gasteiger partial charge on any atom is -0.357 e. The molecular formula is C17H18N4S. The van der Waals surface area contributed by atoms with Crippen LogP contribution in [-0.4, -0.2) is 27.7 Å². The zero-order chi connectivity index (χ0) is 15.4. The summed E-state index contributed by atoms with van der Waals surface area (Å²) in [6.07, 6.45) is 6.07. The highest BCUT2D eigenvalue weighted by Crippen LogP contribution is 2.20. The van der Waals surface area contributed by atoms with Crippen LogP contribution in [0.25, 0.3) is 22.4 Å². The molecule has 0 bridgehead atoms. The third-order valence-corrected chi connectivity index (χ3v) is 3.80. The lowest BCUT2D eigenvalue weighted by Crippen LogP contribution is -1.92. The van der Waals surface area contributed by atoms with Gasteiger partial charge in [0, 0.05) is 30.1 Å². The third kappa shape index (κ3) is 2.99. The van der Waals surface area contributed by atoms with Crippen LogP contribution in [0.5, 0.6) is 0 Å². The van der Waals surface area contributed by atoms with Gasteiger partial charge in [-0.25, -0.2) is 4.98 Å². The number of H-pyrrole nitrogens is 2. The number of fused-ring (bicyclic) bond motifs is 1. The largest absolute Gasteiger partial charge is 0.357 e. The molecule has 0 spiro atoms. The fourth-order valence-electron chi connectivity index (χ4n) is 2.29. The molecule has 2 aromatic heterocycles. The summed E-state index contributed by atoms with van der Waals surface area (Å²) < 4.78 is 0.570. The van der Waals surface area contributed by atoms with Gasteiger partial charge in [0.1, 0.15) is 11.3 Å². The SMILES string of the molecule is CCCCN=Cc1c[nH]c2c(=S)nc(-c3ccccc3)[nH]c12. The Balaban J connectivity index is 2.04. The quantitative estimate of drug-likeness (QED) is 0.414. The van der Waals surface area contributed by atoms with Crippen LogP contribution in [0.1, 0.15) is 25.3 Å². The molecule has 0 atom stereocenters. The van der Waals surface area contributed by atoms with E-state index in [1.54, 1.807) is 0 Å². The molecule has 0 unspecified atom stereocenters. The van der Waals surface area contributed by atoms with E-state index < -0.39 is 0 Å². The molecule has 0 amide bonds.